The number of fused-ring (bicyclic) bond motifs is 1. The molecule has 3 N–H and O–H groups in total. The highest BCUT2D eigenvalue weighted by Crippen LogP contribution is 2.24. The van der Waals surface area contributed by atoms with E-state index in [4.69, 9.17) is 13.9 Å². The SMILES string of the molecule is COC(=O)c1ccc(-c2cccc(NC(=O)[C@H](CCCNC(=O)OCc3ccccc3)NC(=O)c3cc4ccccc4o3)c2)cc1. The normalized spacial score (nSPS) is 11.3. The lowest BCUT2D eigenvalue weighted by atomic mass is 10.0. The fraction of sp³-hybridized carbons (Fsp3) is 0.167. The molecule has 1 heterocycles. The highest BCUT2D eigenvalue weighted by atomic mass is 16.5. The average molecular weight is 620 g/mol. The molecule has 0 spiro atoms. The summed E-state index contributed by atoms with van der Waals surface area (Å²) in [4.78, 5) is 50.7. The lowest BCUT2D eigenvalue weighted by Crippen LogP contribution is -2.44. The molecule has 0 fully saturated rings. The minimum absolute atomic E-state index is 0.0824. The van der Waals surface area contributed by atoms with Crippen LogP contribution in [0.2, 0.25) is 0 Å². The van der Waals surface area contributed by atoms with E-state index in [0.29, 0.717) is 23.3 Å². The smallest absolute Gasteiger partial charge is 0.407 e. The number of amides is 3. The maximum atomic E-state index is 13.5. The first-order valence-electron chi connectivity index (χ1n) is 14.7. The van der Waals surface area contributed by atoms with Crippen molar-refractivity contribution in [3.63, 3.8) is 0 Å². The Morgan fingerprint density at radius 3 is 2.33 bits per heavy atom. The zero-order chi connectivity index (χ0) is 32.3. The van der Waals surface area contributed by atoms with Crippen LogP contribution in [-0.4, -0.2) is 43.6 Å². The lowest BCUT2D eigenvalue weighted by Gasteiger charge is -2.18. The number of hydrogen-bond donors (Lipinski definition) is 3. The first kappa shape index (κ1) is 31.5. The Kier molecular flexibility index (Phi) is 10.4. The van der Waals surface area contributed by atoms with Crippen LogP contribution in [0.1, 0.15) is 39.3 Å². The molecule has 5 aromatic rings. The second kappa shape index (κ2) is 15.2. The summed E-state index contributed by atoms with van der Waals surface area (Å²) in [5.74, 6) is -1.32. The van der Waals surface area contributed by atoms with E-state index in [9.17, 15) is 19.2 Å². The van der Waals surface area contributed by atoms with Crippen molar-refractivity contribution in [3.8, 4) is 11.1 Å². The number of methoxy groups -OCH3 is 1. The van der Waals surface area contributed by atoms with Crippen molar-refractivity contribution in [1.29, 1.82) is 0 Å². The second-order valence-electron chi connectivity index (χ2n) is 10.4. The minimum atomic E-state index is -0.939. The maximum absolute atomic E-state index is 13.5. The highest BCUT2D eigenvalue weighted by molar-refractivity contribution is 6.02. The van der Waals surface area contributed by atoms with Gasteiger partial charge < -0.3 is 29.8 Å². The quantitative estimate of drug-likeness (QED) is 0.110. The number of anilines is 1. The van der Waals surface area contributed by atoms with Crippen LogP contribution in [-0.2, 0) is 20.9 Å². The topological polar surface area (TPSA) is 136 Å². The summed E-state index contributed by atoms with van der Waals surface area (Å²) in [5.41, 5.74) is 4.02. The fourth-order valence-corrected chi connectivity index (χ4v) is 4.79. The van der Waals surface area contributed by atoms with E-state index in [1.807, 2.05) is 54.6 Å². The van der Waals surface area contributed by atoms with Gasteiger partial charge >= 0.3 is 12.1 Å². The molecule has 0 saturated heterocycles. The van der Waals surface area contributed by atoms with E-state index in [0.717, 1.165) is 22.1 Å². The molecule has 0 bridgehead atoms. The summed E-state index contributed by atoms with van der Waals surface area (Å²) >= 11 is 0. The van der Waals surface area contributed by atoms with Crippen molar-refractivity contribution < 1.29 is 33.1 Å². The molecule has 234 valence electrons. The number of nitrogens with one attached hydrogen (secondary N) is 3. The molecule has 0 aliphatic rings. The number of alkyl carbamates (subject to hydrolysis) is 1. The number of para-hydroxylation sites is 1. The van der Waals surface area contributed by atoms with E-state index in [1.54, 1.807) is 54.6 Å². The molecule has 0 aliphatic carbocycles. The van der Waals surface area contributed by atoms with E-state index in [2.05, 4.69) is 16.0 Å². The van der Waals surface area contributed by atoms with Crippen LogP contribution in [0, 0.1) is 0 Å². The monoisotopic (exact) mass is 619 g/mol. The van der Waals surface area contributed by atoms with Crippen LogP contribution >= 0.6 is 0 Å². The molecule has 1 aromatic heterocycles. The van der Waals surface area contributed by atoms with E-state index >= 15 is 0 Å². The summed E-state index contributed by atoms with van der Waals surface area (Å²) in [7, 11) is 1.33. The first-order chi connectivity index (χ1) is 22.4. The number of hydrogen-bond acceptors (Lipinski definition) is 7. The third kappa shape index (κ3) is 8.38. The van der Waals surface area contributed by atoms with Gasteiger partial charge in [0.1, 0.15) is 18.2 Å². The van der Waals surface area contributed by atoms with Gasteiger partial charge in [0, 0.05) is 17.6 Å². The van der Waals surface area contributed by atoms with Crippen molar-refractivity contribution >= 4 is 40.5 Å². The van der Waals surface area contributed by atoms with Crippen LogP contribution in [0.25, 0.3) is 22.1 Å². The summed E-state index contributed by atoms with van der Waals surface area (Å²) in [6, 6.07) is 31.4. The molecule has 46 heavy (non-hydrogen) atoms. The van der Waals surface area contributed by atoms with Crippen molar-refractivity contribution in [2.24, 2.45) is 0 Å². The van der Waals surface area contributed by atoms with Crippen molar-refractivity contribution in [2.75, 3.05) is 19.0 Å². The molecule has 1 atom stereocenters. The minimum Gasteiger partial charge on any atom is -0.465 e. The van der Waals surface area contributed by atoms with Gasteiger partial charge in [0.25, 0.3) is 5.91 Å². The first-order valence-corrected chi connectivity index (χ1v) is 14.7. The van der Waals surface area contributed by atoms with Gasteiger partial charge in [-0.1, -0.05) is 72.8 Å². The number of ether oxygens (including phenoxy) is 2. The Balaban J connectivity index is 1.23. The van der Waals surface area contributed by atoms with Crippen molar-refractivity contribution in [3.05, 3.63) is 126 Å². The van der Waals surface area contributed by atoms with Gasteiger partial charge in [0.2, 0.25) is 5.91 Å². The lowest BCUT2D eigenvalue weighted by molar-refractivity contribution is -0.118. The molecule has 10 nitrogen and oxygen atoms in total. The van der Waals surface area contributed by atoms with Crippen LogP contribution in [0.5, 0.6) is 0 Å². The Labute approximate surface area is 265 Å². The predicted molar refractivity (Wildman–Crippen MR) is 173 cm³/mol. The third-order valence-electron chi connectivity index (χ3n) is 7.19. The fourth-order valence-electron chi connectivity index (χ4n) is 4.79. The Hall–Kier alpha value is -5.90. The molecular formula is C36H33N3O7. The van der Waals surface area contributed by atoms with Gasteiger partial charge in [0.15, 0.2) is 5.76 Å². The largest absolute Gasteiger partial charge is 0.465 e. The molecule has 5 rings (SSSR count). The molecule has 0 radical (unpaired) electrons. The van der Waals surface area contributed by atoms with Crippen molar-refractivity contribution in [1.82, 2.24) is 10.6 Å². The number of carbonyl (C=O) groups excluding carboxylic acids is 4. The summed E-state index contributed by atoms with van der Waals surface area (Å²) in [6.45, 7) is 0.370. The molecule has 0 saturated carbocycles. The summed E-state index contributed by atoms with van der Waals surface area (Å²) in [6.07, 6.45) is 0.0318. The predicted octanol–water partition coefficient (Wildman–Crippen LogP) is 6.33. The van der Waals surface area contributed by atoms with Gasteiger partial charge in [-0.2, -0.15) is 0 Å². The van der Waals surface area contributed by atoms with Crippen LogP contribution in [0.4, 0.5) is 10.5 Å². The van der Waals surface area contributed by atoms with Crippen LogP contribution < -0.4 is 16.0 Å². The third-order valence-corrected chi connectivity index (χ3v) is 7.19. The van der Waals surface area contributed by atoms with E-state index in [-0.39, 0.29) is 25.3 Å². The van der Waals surface area contributed by atoms with E-state index < -0.39 is 29.9 Å². The Bertz CT molecular complexity index is 1780. The molecule has 0 unspecified atom stereocenters. The van der Waals surface area contributed by atoms with Crippen molar-refractivity contribution in [2.45, 2.75) is 25.5 Å². The van der Waals surface area contributed by atoms with Crippen LogP contribution in [0.15, 0.2) is 114 Å². The number of esters is 1. The molecule has 10 heteroatoms. The maximum Gasteiger partial charge on any atom is 0.407 e. The van der Waals surface area contributed by atoms with Gasteiger partial charge in [-0.3, -0.25) is 9.59 Å². The number of furan rings is 1. The van der Waals surface area contributed by atoms with Crippen LogP contribution in [0.3, 0.4) is 0 Å². The number of carbonyl (C=O) groups is 4. The summed E-state index contributed by atoms with van der Waals surface area (Å²) in [5, 5.41) is 9.13. The number of rotatable bonds is 12. The molecular weight excluding hydrogens is 586 g/mol. The molecule has 0 aliphatic heterocycles. The number of benzene rings is 4. The average Bonchev–Trinajstić information content (AvgIpc) is 3.54. The molecule has 3 amide bonds. The second-order valence-corrected chi connectivity index (χ2v) is 10.4. The molecule has 4 aromatic carbocycles. The van der Waals surface area contributed by atoms with Gasteiger partial charge in [0.05, 0.1) is 12.7 Å². The zero-order valence-corrected chi connectivity index (χ0v) is 25.2. The van der Waals surface area contributed by atoms with E-state index in [1.165, 1.54) is 7.11 Å². The van der Waals surface area contributed by atoms with Gasteiger partial charge in [-0.25, -0.2) is 9.59 Å². The van der Waals surface area contributed by atoms with Gasteiger partial charge in [-0.15, -0.1) is 0 Å². The standard InChI is InChI=1S/C36H33N3O7/c1-44-35(42)26-18-16-25(17-19-26)27-12-7-13-29(21-27)38-33(40)30(39-34(41)32-22-28-11-5-6-15-31(28)46-32)14-8-20-37-36(43)45-23-24-9-3-2-4-10-24/h2-7,9-13,15-19,21-22,30H,8,14,20,23H2,1H3,(H,37,43)(H,38,40)(H,39,41)/t30-/m0/s1. The van der Waals surface area contributed by atoms with Gasteiger partial charge in [-0.05, 0) is 65.9 Å². The highest BCUT2D eigenvalue weighted by Gasteiger charge is 2.23. The Morgan fingerprint density at radius 2 is 1.57 bits per heavy atom. The summed E-state index contributed by atoms with van der Waals surface area (Å²) < 4.78 is 15.7. The Morgan fingerprint density at radius 1 is 0.804 bits per heavy atom. The zero-order valence-electron chi connectivity index (χ0n) is 25.2.